The van der Waals surface area contributed by atoms with Gasteiger partial charge in [0.1, 0.15) is 6.10 Å². The van der Waals surface area contributed by atoms with Gasteiger partial charge in [-0.25, -0.2) is 14.3 Å². The van der Waals surface area contributed by atoms with Crippen LogP contribution < -0.4 is 40.8 Å². The summed E-state index contributed by atoms with van der Waals surface area (Å²) in [5.74, 6) is -0.224. The molecule has 0 saturated heterocycles. The number of hydrogen-bond donors (Lipinski definition) is 6. The van der Waals surface area contributed by atoms with E-state index in [0.29, 0.717) is 11.0 Å². The molecular formula is C17H20N4NaO9P. The summed E-state index contributed by atoms with van der Waals surface area (Å²) in [6.07, 6.45) is -5.67. The Kier molecular flexibility index (Phi) is 8.51. The zero-order chi connectivity index (χ0) is 23.1. The van der Waals surface area contributed by atoms with Crippen LogP contribution in [0.2, 0.25) is 0 Å². The van der Waals surface area contributed by atoms with E-state index >= 15 is 0 Å². The number of fused-ring (bicyclic) bond motifs is 2. The Balaban J connectivity index is 0.00000363. The number of hydrogen-bond acceptors (Lipinski definition) is 9. The molecule has 0 fully saturated rings. The van der Waals surface area contributed by atoms with Crippen LogP contribution in [0, 0.1) is 20.5 Å². The molecule has 0 bridgehead atoms. The van der Waals surface area contributed by atoms with E-state index in [9.17, 15) is 34.2 Å². The second-order valence-corrected chi connectivity index (χ2v) is 8.15. The molecule has 0 amide bonds. The van der Waals surface area contributed by atoms with E-state index in [2.05, 4.69) is 14.5 Å². The van der Waals surface area contributed by atoms with Crippen molar-refractivity contribution in [3.63, 3.8) is 0 Å². The van der Waals surface area contributed by atoms with Gasteiger partial charge in [0.05, 0.1) is 23.7 Å². The molecule has 1 aromatic rings. The molecule has 2 aliphatic rings. The van der Waals surface area contributed by atoms with Gasteiger partial charge in [-0.05, 0) is 43.2 Å². The molecule has 6 N–H and O–H groups in total. The first-order chi connectivity index (χ1) is 14.4. The average molecular weight is 478 g/mol. The number of nitrogens with zero attached hydrogens (tertiary/aromatic N) is 3. The summed E-state index contributed by atoms with van der Waals surface area (Å²) in [6, 6.07) is 3.32. The average Bonchev–Trinajstić information content (AvgIpc) is 2.67. The Bertz CT molecular complexity index is 1260. The molecule has 0 spiro atoms. The van der Waals surface area contributed by atoms with Gasteiger partial charge < -0.3 is 29.7 Å². The minimum atomic E-state index is -5.17. The third-order valence-corrected chi connectivity index (χ3v) is 5.29. The number of aryl methyl sites for hydroxylation is 2. The number of phosphoric ester groups is 1. The number of aromatic nitrogens is 4. The molecule has 3 rings (SSSR count). The van der Waals surface area contributed by atoms with E-state index in [1.54, 1.807) is 19.1 Å². The summed E-state index contributed by atoms with van der Waals surface area (Å²) in [4.78, 5) is 52.6. The van der Waals surface area contributed by atoms with Gasteiger partial charge in [-0.15, -0.1) is 0 Å². The number of aliphatic hydroxyl groups is 3. The molecular weight excluding hydrogens is 458 g/mol. The van der Waals surface area contributed by atoms with E-state index in [4.69, 9.17) is 5.11 Å². The fourth-order valence-electron chi connectivity index (χ4n) is 3.10. The zero-order valence-electron chi connectivity index (χ0n) is 17.3. The maximum Gasteiger partial charge on any atom is 1.00 e. The van der Waals surface area contributed by atoms with Crippen molar-refractivity contribution >= 4 is 18.9 Å². The number of rotatable bonds is 7. The van der Waals surface area contributed by atoms with Crippen LogP contribution in [-0.2, 0) is 15.6 Å². The second kappa shape index (κ2) is 10.2. The Morgan fingerprint density at radius 1 is 1.19 bits per heavy atom. The molecule has 168 valence electrons. The molecule has 15 heteroatoms. The van der Waals surface area contributed by atoms with Crippen LogP contribution in [0.15, 0.2) is 21.7 Å². The first-order valence-corrected chi connectivity index (χ1v) is 10.4. The Hall–Kier alpha value is -1.51. The van der Waals surface area contributed by atoms with Gasteiger partial charge in [-0.2, -0.15) is 11.6 Å². The van der Waals surface area contributed by atoms with Crippen molar-refractivity contribution in [1.29, 1.82) is 0 Å². The first kappa shape index (κ1) is 26.7. The maximum atomic E-state index is 12.3. The van der Waals surface area contributed by atoms with Crippen LogP contribution in [0.25, 0.3) is 22.6 Å². The third-order valence-electron chi connectivity index (χ3n) is 4.74. The minimum absolute atomic E-state index is 0. The molecule has 0 aliphatic carbocycles. The maximum absolute atomic E-state index is 12.3. The first-order valence-electron chi connectivity index (χ1n) is 8.90. The standard InChI is InChI=1S/C17H20N4O9P.Na/c1-7-3-9-10(4-8(7)2)21(15-13(18-9)16(25)20-17(26)19-15)5-12(30-31(27,28)29)14(24)11(23)6-22;/h3-4,6,11-12,14,22-24H,5H2,1-2H3,(H,20,25,26)(H2,27,28,29);/q-1;+1/t11-,12+,14-;/m0./s1. The van der Waals surface area contributed by atoms with Crippen LogP contribution in [0.3, 0.4) is 0 Å². The molecule has 13 nitrogen and oxygen atoms in total. The van der Waals surface area contributed by atoms with Gasteiger partial charge >= 0.3 is 43.1 Å². The molecule has 2 aliphatic heterocycles. The van der Waals surface area contributed by atoms with Gasteiger partial charge in [0, 0.05) is 0 Å². The fourth-order valence-corrected chi connectivity index (χ4v) is 3.65. The number of H-pyrrole nitrogens is 1. The van der Waals surface area contributed by atoms with Gasteiger partial charge in [0.2, 0.25) is 0 Å². The molecule has 0 saturated carbocycles. The third kappa shape index (κ3) is 5.69. The van der Waals surface area contributed by atoms with E-state index in [1.807, 2.05) is 11.9 Å². The van der Waals surface area contributed by atoms with Crippen molar-refractivity contribution in [2.75, 3.05) is 0 Å². The van der Waals surface area contributed by atoms with Crippen LogP contribution in [-0.4, -0.2) is 62.9 Å². The van der Waals surface area contributed by atoms with Crippen LogP contribution in [0.4, 0.5) is 0 Å². The molecule has 3 atom stereocenters. The molecule has 1 aromatic carbocycles. The van der Waals surface area contributed by atoms with Crippen molar-refractivity contribution in [3.8, 4) is 11.5 Å². The van der Waals surface area contributed by atoms with Crippen molar-refractivity contribution < 1.29 is 63.8 Å². The molecule has 0 aromatic heterocycles. The van der Waals surface area contributed by atoms with Gasteiger partial charge in [0.15, 0.2) is 11.5 Å². The van der Waals surface area contributed by atoms with E-state index in [0.717, 1.165) is 11.1 Å². The van der Waals surface area contributed by atoms with E-state index in [-0.39, 0.29) is 47.7 Å². The van der Waals surface area contributed by atoms with Crippen molar-refractivity contribution in [3.05, 3.63) is 50.7 Å². The summed E-state index contributed by atoms with van der Waals surface area (Å²) in [5, 5.41) is 29.0. The topological polar surface area (TPSA) is 208 Å². The summed E-state index contributed by atoms with van der Waals surface area (Å²) in [5.41, 5.74) is 0.223. The predicted molar refractivity (Wildman–Crippen MR) is 106 cm³/mol. The van der Waals surface area contributed by atoms with Crippen molar-refractivity contribution in [1.82, 2.24) is 19.5 Å². The summed E-state index contributed by atoms with van der Waals surface area (Å²) in [7, 11) is -5.17. The largest absolute Gasteiger partial charge is 1.00 e. The Labute approximate surface area is 202 Å². The monoisotopic (exact) mass is 478 g/mol. The normalized spacial score (nSPS) is 14.8. The summed E-state index contributed by atoms with van der Waals surface area (Å²) < 4.78 is 17.3. The molecule has 32 heavy (non-hydrogen) atoms. The summed E-state index contributed by atoms with van der Waals surface area (Å²) in [6.45, 7) is 3.26. The number of phosphoric acid groups is 1. The predicted octanol–water partition coefficient (Wildman–Crippen LogP) is -4.06. The van der Waals surface area contributed by atoms with Crippen LogP contribution in [0.5, 0.6) is 0 Å². The van der Waals surface area contributed by atoms with Gasteiger partial charge in [-0.3, -0.25) is 14.3 Å². The van der Waals surface area contributed by atoms with E-state index < -0.39 is 43.9 Å². The number of nitrogens with one attached hydrogen (secondary N) is 1. The van der Waals surface area contributed by atoms with Crippen molar-refractivity contribution in [2.45, 2.75) is 38.7 Å². The van der Waals surface area contributed by atoms with E-state index in [1.165, 1.54) is 4.57 Å². The SMILES string of the molecule is Cc1cc2nc3c(=O)[nH]c(=O)nc-3n(C[C@@H](OP(=O)(O)O)[C@@H](O)[C@@H](O)[CH-]O)c2cc1C.[Na+]. The number of aromatic amines is 1. The molecule has 0 radical (unpaired) electrons. The minimum Gasteiger partial charge on any atom is -0.563 e. The van der Waals surface area contributed by atoms with Crippen LogP contribution in [0.1, 0.15) is 11.1 Å². The van der Waals surface area contributed by atoms with Gasteiger partial charge in [-0.1, -0.05) is 0 Å². The van der Waals surface area contributed by atoms with Crippen LogP contribution >= 0.6 is 7.82 Å². The Morgan fingerprint density at radius 3 is 2.41 bits per heavy atom. The zero-order valence-corrected chi connectivity index (χ0v) is 20.2. The quantitative estimate of drug-likeness (QED) is 0.0833. The molecule has 2 heterocycles. The fraction of sp³-hybridized carbons (Fsp3) is 0.353. The number of benzene rings is 1. The summed E-state index contributed by atoms with van der Waals surface area (Å²) >= 11 is 0. The second-order valence-electron chi connectivity index (χ2n) is 6.96. The molecule has 0 unspecified atom stereocenters. The number of aliphatic hydroxyl groups excluding tert-OH is 3. The smallest absolute Gasteiger partial charge is 0.563 e. The van der Waals surface area contributed by atoms with Gasteiger partial charge in [0.25, 0.3) is 5.56 Å². The Morgan fingerprint density at radius 2 is 1.81 bits per heavy atom. The van der Waals surface area contributed by atoms with Crippen molar-refractivity contribution in [2.24, 2.45) is 0 Å².